The van der Waals surface area contributed by atoms with E-state index in [4.69, 9.17) is 18.9 Å². The zero-order chi connectivity index (χ0) is 38.4. The van der Waals surface area contributed by atoms with Gasteiger partial charge in [-0.1, -0.05) is 61.5 Å². The molecule has 0 aromatic heterocycles. The van der Waals surface area contributed by atoms with Gasteiger partial charge in [0.25, 0.3) is 0 Å². The number of carbonyl (C=O) groups excluding carboxylic acids is 2. The van der Waals surface area contributed by atoms with Crippen molar-refractivity contribution in [2.45, 2.75) is 174 Å². The SMILES string of the molecule is CC(C)OC(C)C(C)C.Cc1cc(C)c(C(C)(C)CC(=O)C(C)C)c(OC(C)C)c1.Cc1cc(COC(=O)C(C)C)cc(C)c1OC(C)C. The predicted octanol–water partition coefficient (Wildman–Crippen LogP) is 11.2. The first-order valence-electron chi connectivity index (χ1n) is 18.3. The number of benzene rings is 2. The maximum Gasteiger partial charge on any atom is 0.308 e. The van der Waals surface area contributed by atoms with Crippen LogP contribution in [0.15, 0.2) is 24.3 Å². The van der Waals surface area contributed by atoms with E-state index in [-0.39, 0.29) is 35.4 Å². The summed E-state index contributed by atoms with van der Waals surface area (Å²) in [4.78, 5) is 23.7. The molecule has 0 saturated heterocycles. The Morgan fingerprint density at radius 1 is 0.653 bits per heavy atom. The molecule has 280 valence electrons. The quantitative estimate of drug-likeness (QED) is 0.184. The van der Waals surface area contributed by atoms with E-state index in [0.29, 0.717) is 36.9 Å². The molecule has 0 spiro atoms. The molecule has 6 nitrogen and oxygen atoms in total. The van der Waals surface area contributed by atoms with Crippen LogP contribution in [0.4, 0.5) is 0 Å². The minimum absolute atomic E-state index is 0.0736. The highest BCUT2D eigenvalue weighted by Gasteiger charge is 2.30. The average Bonchev–Trinajstić information content (AvgIpc) is 2.92. The maximum absolute atomic E-state index is 12.2. The first-order chi connectivity index (χ1) is 22.4. The molecule has 2 aromatic carbocycles. The van der Waals surface area contributed by atoms with Gasteiger partial charge in [-0.15, -0.1) is 0 Å². The van der Waals surface area contributed by atoms with Gasteiger partial charge in [-0.2, -0.15) is 0 Å². The van der Waals surface area contributed by atoms with Crippen molar-refractivity contribution in [1.29, 1.82) is 0 Å². The molecule has 1 unspecified atom stereocenters. The summed E-state index contributed by atoms with van der Waals surface area (Å²) in [5.41, 5.74) is 6.48. The molecule has 6 heteroatoms. The summed E-state index contributed by atoms with van der Waals surface area (Å²) in [6.07, 6.45) is 1.58. The second-order valence-corrected chi connectivity index (χ2v) is 15.9. The molecule has 0 N–H and O–H groups in total. The summed E-state index contributed by atoms with van der Waals surface area (Å²) in [7, 11) is 0. The molecular weight excluding hydrogens is 612 g/mol. The van der Waals surface area contributed by atoms with E-state index < -0.39 is 0 Å². The molecular formula is C43H72O6. The molecule has 0 heterocycles. The molecule has 2 rings (SSSR count). The van der Waals surface area contributed by atoms with Gasteiger partial charge in [0.2, 0.25) is 0 Å². The van der Waals surface area contributed by atoms with Crippen molar-refractivity contribution in [2.75, 3.05) is 0 Å². The van der Waals surface area contributed by atoms with Crippen LogP contribution < -0.4 is 9.47 Å². The Bertz CT molecular complexity index is 1280. The molecule has 2 aromatic rings. The first kappa shape index (κ1) is 46.1. The highest BCUT2D eigenvalue weighted by Crippen LogP contribution is 2.39. The van der Waals surface area contributed by atoms with Gasteiger partial charge in [0, 0.05) is 23.3 Å². The molecule has 0 amide bonds. The second kappa shape index (κ2) is 21.4. The summed E-state index contributed by atoms with van der Waals surface area (Å²) < 4.78 is 22.6. The molecule has 0 saturated carbocycles. The van der Waals surface area contributed by atoms with Crippen molar-refractivity contribution in [1.82, 2.24) is 0 Å². The molecule has 0 aliphatic heterocycles. The Hall–Kier alpha value is -2.86. The minimum atomic E-state index is -0.219. The summed E-state index contributed by atoms with van der Waals surface area (Å²) in [6.45, 7) is 39.1. The number of aryl methyl sites for hydroxylation is 4. The summed E-state index contributed by atoms with van der Waals surface area (Å²) in [6, 6.07) is 8.28. The normalized spacial score (nSPS) is 12.2. The molecule has 0 radical (unpaired) electrons. The number of Topliss-reactive ketones (excluding diaryl/α,β-unsaturated/α-hetero) is 1. The molecule has 0 bridgehead atoms. The van der Waals surface area contributed by atoms with Crippen LogP contribution in [0.5, 0.6) is 11.5 Å². The second-order valence-electron chi connectivity index (χ2n) is 15.9. The standard InChI is InChI=1S/C19H30O2.C16H24O3.C8H18O/c1-12(2)16(20)11-19(7,8)18-15(6)9-14(5)10-17(18)21-13(3)4;1-10(2)16(17)18-9-14-7-12(5)15(13(6)8-14)19-11(3)4;1-6(2)8(5)9-7(3)4/h9-10,12-13H,11H2,1-8H3;7-8,10-11H,9H2,1-6H3;6-8H,1-5H3. The molecule has 0 aliphatic rings. The van der Waals surface area contributed by atoms with Crippen LogP contribution in [0.3, 0.4) is 0 Å². The van der Waals surface area contributed by atoms with Crippen molar-refractivity contribution in [3.05, 3.63) is 57.6 Å². The van der Waals surface area contributed by atoms with Crippen LogP contribution in [0.2, 0.25) is 0 Å². The number of rotatable bonds is 14. The van der Waals surface area contributed by atoms with Crippen molar-refractivity contribution >= 4 is 11.8 Å². The predicted molar refractivity (Wildman–Crippen MR) is 206 cm³/mol. The molecule has 0 fully saturated rings. The van der Waals surface area contributed by atoms with Gasteiger partial charge in [0.15, 0.2) is 0 Å². The van der Waals surface area contributed by atoms with Crippen molar-refractivity contribution in [3.63, 3.8) is 0 Å². The van der Waals surface area contributed by atoms with Crippen LogP contribution in [0.25, 0.3) is 0 Å². The Morgan fingerprint density at radius 2 is 1.16 bits per heavy atom. The third-order valence-electron chi connectivity index (χ3n) is 7.90. The summed E-state index contributed by atoms with van der Waals surface area (Å²) >= 11 is 0. The topological polar surface area (TPSA) is 71.1 Å². The third-order valence-corrected chi connectivity index (χ3v) is 7.90. The fourth-order valence-electron chi connectivity index (χ4n) is 5.32. The minimum Gasteiger partial charge on any atom is -0.491 e. The number of hydrogen-bond acceptors (Lipinski definition) is 6. The number of carbonyl (C=O) groups is 2. The van der Waals surface area contributed by atoms with Crippen LogP contribution in [-0.4, -0.2) is 36.2 Å². The lowest BCUT2D eigenvalue weighted by Crippen LogP contribution is -2.26. The lowest BCUT2D eigenvalue weighted by molar-refractivity contribution is -0.148. The van der Waals surface area contributed by atoms with E-state index in [0.717, 1.165) is 33.8 Å². The Balaban J connectivity index is 0.000000760. The van der Waals surface area contributed by atoms with E-state index in [1.165, 1.54) is 11.1 Å². The first-order valence-corrected chi connectivity index (χ1v) is 18.3. The van der Waals surface area contributed by atoms with Gasteiger partial charge in [-0.3, -0.25) is 9.59 Å². The summed E-state index contributed by atoms with van der Waals surface area (Å²) in [5.74, 6) is 2.59. The fourth-order valence-corrected chi connectivity index (χ4v) is 5.32. The van der Waals surface area contributed by atoms with Gasteiger partial charge >= 0.3 is 5.97 Å². The van der Waals surface area contributed by atoms with E-state index in [2.05, 4.69) is 74.4 Å². The Morgan fingerprint density at radius 3 is 1.55 bits per heavy atom. The maximum atomic E-state index is 12.2. The lowest BCUT2D eigenvalue weighted by Gasteiger charge is -2.30. The third kappa shape index (κ3) is 17.6. The van der Waals surface area contributed by atoms with Gasteiger partial charge in [0.1, 0.15) is 23.9 Å². The van der Waals surface area contributed by atoms with Crippen LogP contribution in [0.1, 0.15) is 144 Å². The fraction of sp³-hybridized carbons (Fsp3) is 0.674. The highest BCUT2D eigenvalue weighted by atomic mass is 16.5. The Kier molecular flexibility index (Phi) is 20.1. The number of hydrogen-bond donors (Lipinski definition) is 0. The molecule has 49 heavy (non-hydrogen) atoms. The largest absolute Gasteiger partial charge is 0.491 e. The van der Waals surface area contributed by atoms with Gasteiger partial charge in [-0.05, 0) is 128 Å². The number of ketones is 1. The molecule has 1 atom stereocenters. The van der Waals surface area contributed by atoms with Gasteiger partial charge in [0.05, 0.1) is 30.3 Å². The monoisotopic (exact) mass is 685 g/mol. The van der Waals surface area contributed by atoms with E-state index >= 15 is 0 Å². The summed E-state index contributed by atoms with van der Waals surface area (Å²) in [5, 5.41) is 0. The van der Waals surface area contributed by atoms with E-state index in [1.807, 2.05) is 81.4 Å². The molecule has 0 aliphatic carbocycles. The van der Waals surface area contributed by atoms with Crippen LogP contribution in [-0.2, 0) is 31.1 Å². The number of esters is 1. The van der Waals surface area contributed by atoms with Crippen molar-refractivity contribution in [3.8, 4) is 11.5 Å². The zero-order valence-corrected chi connectivity index (χ0v) is 34.7. The van der Waals surface area contributed by atoms with Crippen molar-refractivity contribution < 1.29 is 28.5 Å². The smallest absolute Gasteiger partial charge is 0.308 e. The van der Waals surface area contributed by atoms with E-state index in [1.54, 1.807) is 0 Å². The Labute approximate surface area is 301 Å². The van der Waals surface area contributed by atoms with Gasteiger partial charge in [-0.25, -0.2) is 0 Å². The van der Waals surface area contributed by atoms with Crippen LogP contribution >= 0.6 is 0 Å². The highest BCUT2D eigenvalue weighted by molar-refractivity contribution is 5.82. The lowest BCUT2D eigenvalue weighted by atomic mass is 9.76. The van der Waals surface area contributed by atoms with Gasteiger partial charge < -0.3 is 18.9 Å². The van der Waals surface area contributed by atoms with Crippen molar-refractivity contribution in [2.24, 2.45) is 17.8 Å². The van der Waals surface area contributed by atoms with Crippen LogP contribution in [0, 0.1) is 45.4 Å². The number of ether oxygens (including phenoxy) is 4. The zero-order valence-electron chi connectivity index (χ0n) is 34.7. The average molecular weight is 685 g/mol. The van der Waals surface area contributed by atoms with E-state index in [9.17, 15) is 9.59 Å².